The van der Waals surface area contributed by atoms with E-state index in [4.69, 9.17) is 27.9 Å². The Morgan fingerprint density at radius 3 is 2.55 bits per heavy atom. The van der Waals surface area contributed by atoms with Crippen molar-refractivity contribution in [3.63, 3.8) is 0 Å². The minimum Gasteiger partial charge on any atom is -0.503 e. The van der Waals surface area contributed by atoms with Gasteiger partial charge in [-0.25, -0.2) is 4.98 Å². The number of ketones is 1. The van der Waals surface area contributed by atoms with Crippen LogP contribution in [0.4, 0.5) is 5.13 Å². The molecule has 10 heteroatoms. The van der Waals surface area contributed by atoms with E-state index in [0.717, 1.165) is 4.70 Å². The Balaban J connectivity index is 1.77. The monoisotopic (exact) mass is 504 g/mol. The van der Waals surface area contributed by atoms with Crippen LogP contribution in [0.3, 0.4) is 0 Å². The number of benzene rings is 2. The summed E-state index contributed by atoms with van der Waals surface area (Å²) in [7, 11) is 0. The number of hydrogen-bond acceptors (Lipinski definition) is 7. The zero-order valence-corrected chi connectivity index (χ0v) is 19.7. The fourth-order valence-electron chi connectivity index (χ4n) is 3.64. The van der Waals surface area contributed by atoms with E-state index in [2.05, 4.69) is 4.98 Å². The zero-order valence-electron chi connectivity index (χ0n) is 17.4. The highest BCUT2D eigenvalue weighted by Crippen LogP contribution is 2.44. The molecule has 0 bridgehead atoms. The second-order valence-electron chi connectivity index (χ2n) is 7.20. The van der Waals surface area contributed by atoms with Gasteiger partial charge in [0.1, 0.15) is 5.52 Å². The molecule has 1 aromatic heterocycles. The highest BCUT2D eigenvalue weighted by molar-refractivity contribution is 7.22. The second kappa shape index (κ2) is 9.51. The van der Waals surface area contributed by atoms with Gasteiger partial charge in [0.15, 0.2) is 16.7 Å². The van der Waals surface area contributed by atoms with Crippen molar-refractivity contribution in [2.24, 2.45) is 0 Å². The van der Waals surface area contributed by atoms with Crippen LogP contribution < -0.4 is 4.90 Å². The fourth-order valence-corrected chi connectivity index (χ4v) is 5.06. The van der Waals surface area contributed by atoms with Crippen molar-refractivity contribution < 1.29 is 24.2 Å². The number of carbonyl (C=O) groups excluding carboxylic acids is 3. The number of hydrogen-bond donors (Lipinski definition) is 1. The van der Waals surface area contributed by atoms with Gasteiger partial charge in [0.25, 0.3) is 5.91 Å². The molecular weight excluding hydrogens is 487 g/mol. The standard InChI is InChI=1S/C23H18Cl2N2O5S/c1-2-32-17(29)11-10-15(28)18-20(12-6-8-13(24)9-7-12)27(22(31)21(18)30)23-26-19-14(25)4-3-5-16(19)33-23/h3-9,20,30H,2,10-11H2,1H3. The molecule has 1 aliphatic heterocycles. The Morgan fingerprint density at radius 2 is 1.88 bits per heavy atom. The normalized spacial score (nSPS) is 16.0. The van der Waals surface area contributed by atoms with Crippen LogP contribution in [0.2, 0.25) is 10.0 Å². The predicted octanol–water partition coefficient (Wildman–Crippen LogP) is 5.42. The van der Waals surface area contributed by atoms with Crippen LogP contribution in [0, 0.1) is 0 Å². The Bertz CT molecular complexity index is 1290. The summed E-state index contributed by atoms with van der Waals surface area (Å²) in [6.45, 7) is 1.86. The minimum absolute atomic E-state index is 0.100. The summed E-state index contributed by atoms with van der Waals surface area (Å²) in [6, 6.07) is 10.9. The lowest BCUT2D eigenvalue weighted by Gasteiger charge is -2.24. The molecule has 170 valence electrons. The number of nitrogens with zero attached hydrogens (tertiary/aromatic N) is 2. The van der Waals surface area contributed by atoms with E-state index >= 15 is 0 Å². The van der Waals surface area contributed by atoms with Gasteiger partial charge in [0.05, 0.1) is 34.4 Å². The number of ether oxygens (including phenoxy) is 1. The van der Waals surface area contributed by atoms with Crippen molar-refractivity contribution in [2.45, 2.75) is 25.8 Å². The number of rotatable bonds is 7. The zero-order chi connectivity index (χ0) is 23.7. The maximum atomic E-state index is 13.2. The Labute approximate surface area is 203 Å². The molecule has 0 saturated carbocycles. The first-order chi connectivity index (χ1) is 15.8. The van der Waals surface area contributed by atoms with Crippen LogP contribution in [0.5, 0.6) is 0 Å². The molecule has 1 aliphatic rings. The minimum atomic E-state index is -0.941. The molecule has 0 saturated heterocycles. The van der Waals surface area contributed by atoms with Crippen LogP contribution in [-0.2, 0) is 19.1 Å². The maximum Gasteiger partial charge on any atom is 0.306 e. The van der Waals surface area contributed by atoms with Crippen molar-refractivity contribution in [3.05, 3.63) is 69.4 Å². The number of amides is 1. The number of para-hydroxylation sites is 1. The summed E-state index contributed by atoms with van der Waals surface area (Å²) in [5, 5.41) is 11.9. The number of aliphatic hydroxyl groups is 1. The average molecular weight is 505 g/mol. The van der Waals surface area contributed by atoms with Crippen LogP contribution >= 0.6 is 34.5 Å². The third-order valence-corrected chi connectivity index (χ3v) is 6.70. The lowest BCUT2D eigenvalue weighted by atomic mass is 9.94. The SMILES string of the molecule is CCOC(=O)CCC(=O)C1=C(O)C(=O)N(c2nc3c(Cl)cccc3s2)C1c1ccc(Cl)cc1. The molecular formula is C23H18Cl2N2O5S. The van der Waals surface area contributed by atoms with E-state index < -0.39 is 29.5 Å². The molecule has 0 radical (unpaired) electrons. The molecule has 0 aliphatic carbocycles. The molecule has 1 atom stereocenters. The third kappa shape index (κ3) is 4.46. The van der Waals surface area contributed by atoms with Crippen LogP contribution in [-0.4, -0.2) is 34.4 Å². The molecule has 4 rings (SSSR count). The number of aromatic nitrogens is 1. The molecule has 2 heterocycles. The van der Waals surface area contributed by atoms with Crippen LogP contribution in [0.15, 0.2) is 53.8 Å². The lowest BCUT2D eigenvalue weighted by Crippen LogP contribution is -2.31. The molecule has 0 fully saturated rings. The maximum absolute atomic E-state index is 13.2. The van der Waals surface area contributed by atoms with E-state index in [1.54, 1.807) is 43.3 Å². The number of fused-ring (bicyclic) bond motifs is 1. The summed E-state index contributed by atoms with van der Waals surface area (Å²) in [4.78, 5) is 43.8. The smallest absolute Gasteiger partial charge is 0.306 e. The molecule has 1 amide bonds. The second-order valence-corrected chi connectivity index (χ2v) is 9.06. The van der Waals surface area contributed by atoms with Gasteiger partial charge in [-0.1, -0.05) is 52.7 Å². The van der Waals surface area contributed by atoms with Gasteiger partial charge < -0.3 is 9.84 Å². The van der Waals surface area contributed by atoms with Gasteiger partial charge in [-0.05, 0) is 36.8 Å². The topological polar surface area (TPSA) is 96.8 Å². The highest BCUT2D eigenvalue weighted by atomic mass is 35.5. The summed E-state index contributed by atoms with van der Waals surface area (Å²) < 4.78 is 5.63. The van der Waals surface area contributed by atoms with Crippen molar-refractivity contribution in [1.29, 1.82) is 0 Å². The number of aliphatic hydroxyl groups excluding tert-OH is 1. The van der Waals surface area contributed by atoms with Gasteiger partial charge >= 0.3 is 5.97 Å². The summed E-state index contributed by atoms with van der Waals surface area (Å²) in [5.74, 6) is -2.50. The van der Waals surface area contributed by atoms with E-state index in [-0.39, 0.29) is 30.2 Å². The molecule has 33 heavy (non-hydrogen) atoms. The van der Waals surface area contributed by atoms with Gasteiger partial charge in [-0.15, -0.1) is 0 Å². The largest absolute Gasteiger partial charge is 0.503 e. The van der Waals surface area contributed by atoms with Crippen LogP contribution in [0.1, 0.15) is 31.4 Å². The van der Waals surface area contributed by atoms with E-state index in [0.29, 0.717) is 21.1 Å². The molecule has 3 aromatic rings. The van der Waals surface area contributed by atoms with Crippen molar-refractivity contribution in [1.82, 2.24) is 4.98 Å². The summed E-state index contributed by atoms with van der Waals surface area (Å²) in [5.41, 5.74) is 0.974. The number of esters is 1. The van der Waals surface area contributed by atoms with Crippen molar-refractivity contribution in [2.75, 3.05) is 11.5 Å². The Morgan fingerprint density at radius 1 is 1.15 bits per heavy atom. The number of Topliss-reactive ketones (excluding diaryl/α,β-unsaturated/α-hetero) is 1. The Hall–Kier alpha value is -2.94. The number of carbonyl (C=O) groups is 3. The third-order valence-electron chi connectivity index (χ3n) is 5.12. The number of anilines is 1. The summed E-state index contributed by atoms with van der Waals surface area (Å²) >= 11 is 13.5. The molecule has 1 unspecified atom stereocenters. The van der Waals surface area contributed by atoms with Crippen LogP contribution in [0.25, 0.3) is 10.2 Å². The first-order valence-electron chi connectivity index (χ1n) is 10.1. The van der Waals surface area contributed by atoms with E-state index in [9.17, 15) is 19.5 Å². The van der Waals surface area contributed by atoms with Crippen molar-refractivity contribution in [3.8, 4) is 0 Å². The predicted molar refractivity (Wildman–Crippen MR) is 127 cm³/mol. The van der Waals surface area contributed by atoms with Gasteiger partial charge in [0, 0.05) is 11.4 Å². The number of halogens is 2. The fraction of sp³-hybridized carbons (Fsp3) is 0.217. The van der Waals surface area contributed by atoms with E-state index in [1.807, 2.05) is 6.07 Å². The summed E-state index contributed by atoms with van der Waals surface area (Å²) in [6.07, 6.45) is -0.378. The van der Waals surface area contributed by atoms with Gasteiger partial charge in [-0.2, -0.15) is 0 Å². The molecule has 1 N–H and O–H groups in total. The first kappa shape index (κ1) is 23.2. The molecule has 2 aromatic carbocycles. The van der Waals surface area contributed by atoms with E-state index in [1.165, 1.54) is 16.2 Å². The molecule has 0 spiro atoms. The number of thiazole rings is 1. The molecule has 7 nitrogen and oxygen atoms in total. The first-order valence-corrected chi connectivity index (χ1v) is 11.6. The quantitative estimate of drug-likeness (QED) is 0.431. The van der Waals surface area contributed by atoms with Gasteiger partial charge in [-0.3, -0.25) is 19.3 Å². The Kier molecular flexibility index (Phi) is 6.69. The lowest BCUT2D eigenvalue weighted by molar-refractivity contribution is -0.144. The van der Waals surface area contributed by atoms with Gasteiger partial charge in [0.2, 0.25) is 0 Å². The average Bonchev–Trinajstić information content (AvgIpc) is 3.33. The highest BCUT2D eigenvalue weighted by Gasteiger charge is 2.45. The van der Waals surface area contributed by atoms with Crippen molar-refractivity contribution >= 4 is 67.5 Å².